The highest BCUT2D eigenvalue weighted by Gasteiger charge is 2.25. The predicted octanol–water partition coefficient (Wildman–Crippen LogP) is 1.08. The van der Waals surface area contributed by atoms with Crippen LogP contribution in [0.25, 0.3) is 0 Å². The molecule has 3 nitrogen and oxygen atoms in total. The zero-order valence-electron chi connectivity index (χ0n) is 9.75. The Balaban J connectivity index is 2.20. The summed E-state index contributed by atoms with van der Waals surface area (Å²) < 4.78 is 5.44. The van der Waals surface area contributed by atoms with Crippen LogP contribution in [0.1, 0.15) is 27.2 Å². The van der Waals surface area contributed by atoms with Crippen LogP contribution in [0.15, 0.2) is 0 Å². The second-order valence-electron chi connectivity index (χ2n) is 5.04. The van der Waals surface area contributed by atoms with Gasteiger partial charge in [0.2, 0.25) is 0 Å². The molecule has 14 heavy (non-hydrogen) atoms. The van der Waals surface area contributed by atoms with Gasteiger partial charge in [0, 0.05) is 25.2 Å². The van der Waals surface area contributed by atoms with E-state index in [0.717, 1.165) is 32.2 Å². The Morgan fingerprint density at radius 2 is 2.21 bits per heavy atom. The lowest BCUT2D eigenvalue weighted by atomic mass is 10.1. The summed E-state index contributed by atoms with van der Waals surface area (Å²) in [6.07, 6.45) is 1.26. The average Bonchev–Trinajstić information content (AvgIpc) is 2.46. The van der Waals surface area contributed by atoms with Crippen LogP contribution in [-0.2, 0) is 4.74 Å². The van der Waals surface area contributed by atoms with Crippen LogP contribution in [0.4, 0.5) is 0 Å². The number of rotatable bonds is 5. The van der Waals surface area contributed by atoms with Gasteiger partial charge in [-0.05, 0) is 39.7 Å². The molecule has 1 aliphatic rings. The lowest BCUT2D eigenvalue weighted by molar-refractivity contribution is 0.111. The molecule has 0 aromatic heterocycles. The summed E-state index contributed by atoms with van der Waals surface area (Å²) in [6.45, 7) is 11.3. The van der Waals surface area contributed by atoms with Crippen molar-refractivity contribution < 1.29 is 4.74 Å². The zero-order valence-corrected chi connectivity index (χ0v) is 9.75. The van der Waals surface area contributed by atoms with Crippen molar-refractivity contribution in [3.63, 3.8) is 0 Å². The van der Waals surface area contributed by atoms with Gasteiger partial charge in [-0.25, -0.2) is 0 Å². The summed E-state index contributed by atoms with van der Waals surface area (Å²) in [5, 5.41) is 0. The molecule has 1 saturated heterocycles. The van der Waals surface area contributed by atoms with Crippen molar-refractivity contribution in [1.29, 1.82) is 0 Å². The van der Waals surface area contributed by atoms with E-state index in [2.05, 4.69) is 25.7 Å². The molecule has 0 saturated carbocycles. The minimum Gasteiger partial charge on any atom is -0.381 e. The van der Waals surface area contributed by atoms with Gasteiger partial charge in [0.15, 0.2) is 0 Å². The smallest absolute Gasteiger partial charge is 0.0506 e. The molecule has 0 radical (unpaired) electrons. The normalized spacial score (nSPS) is 24.4. The van der Waals surface area contributed by atoms with Crippen molar-refractivity contribution in [2.45, 2.75) is 32.7 Å². The number of hydrogen-bond donors (Lipinski definition) is 1. The van der Waals surface area contributed by atoms with Crippen molar-refractivity contribution >= 4 is 0 Å². The molecule has 1 atom stereocenters. The molecular formula is C11H24N2O. The van der Waals surface area contributed by atoms with Crippen LogP contribution in [-0.4, -0.2) is 43.3 Å². The lowest BCUT2D eigenvalue weighted by Gasteiger charge is -2.26. The number of likely N-dealkylation sites (tertiary alicyclic amines) is 1. The molecule has 0 aromatic carbocycles. The zero-order chi connectivity index (χ0) is 10.6. The van der Waals surface area contributed by atoms with E-state index < -0.39 is 0 Å². The summed E-state index contributed by atoms with van der Waals surface area (Å²) in [7, 11) is 0. The third kappa shape index (κ3) is 4.40. The maximum atomic E-state index is 5.99. The van der Waals surface area contributed by atoms with Crippen LogP contribution < -0.4 is 5.73 Å². The van der Waals surface area contributed by atoms with Crippen LogP contribution in [0.5, 0.6) is 0 Å². The van der Waals surface area contributed by atoms with E-state index >= 15 is 0 Å². The van der Waals surface area contributed by atoms with Gasteiger partial charge in [-0.1, -0.05) is 0 Å². The average molecular weight is 200 g/mol. The SMILES string of the molecule is CCOCC1CCN(CC(C)(C)N)C1. The second-order valence-corrected chi connectivity index (χ2v) is 5.04. The van der Waals surface area contributed by atoms with E-state index in [9.17, 15) is 0 Å². The molecule has 84 valence electrons. The van der Waals surface area contributed by atoms with Crippen LogP contribution in [0.3, 0.4) is 0 Å². The van der Waals surface area contributed by atoms with Crippen molar-refractivity contribution in [3.8, 4) is 0 Å². The quantitative estimate of drug-likeness (QED) is 0.722. The van der Waals surface area contributed by atoms with Gasteiger partial charge in [-0.15, -0.1) is 0 Å². The van der Waals surface area contributed by atoms with Gasteiger partial charge in [-0.2, -0.15) is 0 Å². The van der Waals surface area contributed by atoms with Gasteiger partial charge in [0.05, 0.1) is 6.61 Å². The number of nitrogens with two attached hydrogens (primary N) is 1. The Morgan fingerprint density at radius 1 is 1.50 bits per heavy atom. The number of nitrogens with zero attached hydrogens (tertiary/aromatic N) is 1. The molecule has 0 aliphatic carbocycles. The minimum absolute atomic E-state index is 0.0689. The molecule has 1 fully saturated rings. The summed E-state index contributed by atoms with van der Waals surface area (Å²) in [5.41, 5.74) is 5.92. The molecule has 0 amide bonds. The first kappa shape index (κ1) is 12.0. The predicted molar refractivity (Wildman–Crippen MR) is 59.3 cm³/mol. The molecule has 2 N–H and O–H groups in total. The highest BCUT2D eigenvalue weighted by molar-refractivity contribution is 4.82. The highest BCUT2D eigenvalue weighted by atomic mass is 16.5. The Labute approximate surface area is 87.6 Å². The fourth-order valence-corrected chi connectivity index (χ4v) is 2.05. The van der Waals surface area contributed by atoms with Crippen molar-refractivity contribution in [3.05, 3.63) is 0 Å². The van der Waals surface area contributed by atoms with Crippen LogP contribution >= 0.6 is 0 Å². The largest absolute Gasteiger partial charge is 0.381 e. The van der Waals surface area contributed by atoms with E-state index in [-0.39, 0.29) is 5.54 Å². The van der Waals surface area contributed by atoms with E-state index in [1.165, 1.54) is 13.0 Å². The molecular weight excluding hydrogens is 176 g/mol. The first-order valence-corrected chi connectivity index (χ1v) is 5.60. The lowest BCUT2D eigenvalue weighted by Crippen LogP contribution is -2.44. The first-order valence-electron chi connectivity index (χ1n) is 5.60. The van der Waals surface area contributed by atoms with E-state index in [1.807, 2.05) is 0 Å². The molecule has 0 bridgehead atoms. The van der Waals surface area contributed by atoms with Gasteiger partial charge in [0.25, 0.3) is 0 Å². The maximum absolute atomic E-state index is 5.99. The van der Waals surface area contributed by atoms with Crippen molar-refractivity contribution in [2.75, 3.05) is 32.8 Å². The maximum Gasteiger partial charge on any atom is 0.0506 e. The summed E-state index contributed by atoms with van der Waals surface area (Å²) in [4.78, 5) is 2.45. The molecule has 1 heterocycles. The molecule has 0 spiro atoms. The second kappa shape index (κ2) is 5.10. The van der Waals surface area contributed by atoms with Crippen LogP contribution in [0.2, 0.25) is 0 Å². The Bertz CT molecular complexity index is 165. The molecule has 1 unspecified atom stereocenters. The fraction of sp³-hybridized carbons (Fsp3) is 1.00. The Hall–Kier alpha value is -0.120. The molecule has 3 heteroatoms. The topological polar surface area (TPSA) is 38.5 Å². The summed E-state index contributed by atoms with van der Waals surface area (Å²) >= 11 is 0. The fourth-order valence-electron chi connectivity index (χ4n) is 2.05. The number of ether oxygens (including phenoxy) is 1. The third-order valence-corrected chi connectivity index (χ3v) is 2.56. The van der Waals surface area contributed by atoms with E-state index in [0.29, 0.717) is 0 Å². The minimum atomic E-state index is -0.0689. The van der Waals surface area contributed by atoms with Crippen molar-refractivity contribution in [1.82, 2.24) is 4.90 Å². The summed E-state index contributed by atoms with van der Waals surface area (Å²) in [6, 6.07) is 0. The molecule has 0 aromatic rings. The monoisotopic (exact) mass is 200 g/mol. The molecule has 1 rings (SSSR count). The van der Waals surface area contributed by atoms with E-state index in [1.54, 1.807) is 0 Å². The van der Waals surface area contributed by atoms with E-state index in [4.69, 9.17) is 10.5 Å². The Kier molecular flexibility index (Phi) is 4.35. The standard InChI is InChI=1S/C11H24N2O/c1-4-14-8-10-5-6-13(7-10)9-11(2,3)12/h10H,4-9,12H2,1-3H3. The van der Waals surface area contributed by atoms with Crippen LogP contribution in [0, 0.1) is 5.92 Å². The van der Waals surface area contributed by atoms with Gasteiger partial charge in [-0.3, -0.25) is 0 Å². The van der Waals surface area contributed by atoms with Crippen molar-refractivity contribution in [2.24, 2.45) is 11.7 Å². The molecule has 1 aliphatic heterocycles. The summed E-state index contributed by atoms with van der Waals surface area (Å²) in [5.74, 6) is 0.720. The third-order valence-electron chi connectivity index (χ3n) is 2.56. The number of hydrogen-bond acceptors (Lipinski definition) is 3. The van der Waals surface area contributed by atoms with Gasteiger partial charge in [0.1, 0.15) is 0 Å². The first-order chi connectivity index (χ1) is 6.51. The highest BCUT2D eigenvalue weighted by Crippen LogP contribution is 2.18. The van der Waals surface area contributed by atoms with Gasteiger partial charge < -0.3 is 15.4 Å². The Morgan fingerprint density at radius 3 is 2.79 bits per heavy atom. The van der Waals surface area contributed by atoms with Gasteiger partial charge >= 0.3 is 0 Å².